The van der Waals surface area contributed by atoms with Crippen molar-refractivity contribution in [1.29, 1.82) is 0 Å². The summed E-state index contributed by atoms with van der Waals surface area (Å²) in [6.45, 7) is 8.51. The van der Waals surface area contributed by atoms with E-state index in [-0.39, 0.29) is 0 Å². The average Bonchev–Trinajstić information content (AvgIpc) is 2.86. The zero-order chi connectivity index (χ0) is 9.31. The highest BCUT2D eigenvalue weighted by atomic mass is 15.1. The first-order chi connectivity index (χ1) is 6.24. The van der Waals surface area contributed by atoms with Crippen molar-refractivity contribution in [2.45, 2.75) is 25.7 Å². The number of hydrogen-bond acceptors (Lipinski definition) is 2. The summed E-state index contributed by atoms with van der Waals surface area (Å²) in [7, 11) is 0. The van der Waals surface area contributed by atoms with E-state index in [1.54, 1.807) is 0 Å². The molecule has 0 radical (unpaired) electrons. The van der Waals surface area contributed by atoms with Crippen molar-refractivity contribution in [3.63, 3.8) is 0 Å². The molecule has 2 fully saturated rings. The number of likely N-dealkylation sites (tertiary alicyclic amines) is 1. The minimum atomic E-state index is 0.498. The molecule has 0 amide bonds. The van der Waals surface area contributed by atoms with Crippen molar-refractivity contribution < 1.29 is 0 Å². The standard InChI is InChI=1S/C11H20N2/c1-10-3-2-6-13(7-10)9-11(8-12)4-5-11/h1-9,12H2. The van der Waals surface area contributed by atoms with Gasteiger partial charge in [-0.1, -0.05) is 12.2 Å². The lowest BCUT2D eigenvalue weighted by molar-refractivity contribution is 0.217. The van der Waals surface area contributed by atoms with Gasteiger partial charge in [-0.15, -0.1) is 0 Å². The van der Waals surface area contributed by atoms with E-state index in [4.69, 9.17) is 5.73 Å². The summed E-state index contributed by atoms with van der Waals surface area (Å²) in [5, 5.41) is 0. The lowest BCUT2D eigenvalue weighted by Crippen LogP contribution is -2.38. The quantitative estimate of drug-likeness (QED) is 0.665. The van der Waals surface area contributed by atoms with Crippen LogP contribution < -0.4 is 5.73 Å². The third kappa shape index (κ3) is 2.12. The van der Waals surface area contributed by atoms with Crippen molar-refractivity contribution in [1.82, 2.24) is 4.90 Å². The Morgan fingerprint density at radius 3 is 2.77 bits per heavy atom. The molecule has 2 heteroatoms. The van der Waals surface area contributed by atoms with Gasteiger partial charge in [0.25, 0.3) is 0 Å². The molecule has 2 rings (SSSR count). The molecule has 0 aromatic heterocycles. The number of nitrogens with zero attached hydrogens (tertiary/aromatic N) is 1. The zero-order valence-corrected chi connectivity index (χ0v) is 8.39. The van der Waals surface area contributed by atoms with Gasteiger partial charge in [-0.05, 0) is 44.2 Å². The van der Waals surface area contributed by atoms with Crippen molar-refractivity contribution >= 4 is 0 Å². The van der Waals surface area contributed by atoms with Crippen LogP contribution in [0.5, 0.6) is 0 Å². The van der Waals surface area contributed by atoms with Crippen LogP contribution in [0.2, 0.25) is 0 Å². The Morgan fingerprint density at radius 1 is 1.46 bits per heavy atom. The van der Waals surface area contributed by atoms with E-state index in [1.807, 2.05) is 0 Å². The van der Waals surface area contributed by atoms with Gasteiger partial charge in [0.15, 0.2) is 0 Å². The first-order valence-corrected chi connectivity index (χ1v) is 5.33. The van der Waals surface area contributed by atoms with Gasteiger partial charge < -0.3 is 5.73 Å². The minimum Gasteiger partial charge on any atom is -0.330 e. The fourth-order valence-electron chi connectivity index (χ4n) is 2.24. The highest BCUT2D eigenvalue weighted by Crippen LogP contribution is 2.45. The van der Waals surface area contributed by atoms with Crippen LogP contribution >= 0.6 is 0 Å². The molecular weight excluding hydrogens is 160 g/mol. The van der Waals surface area contributed by atoms with E-state index < -0.39 is 0 Å². The smallest absolute Gasteiger partial charge is 0.0190 e. The second-order valence-corrected chi connectivity index (χ2v) is 4.77. The third-order valence-corrected chi connectivity index (χ3v) is 3.40. The molecule has 0 bridgehead atoms. The summed E-state index contributed by atoms with van der Waals surface area (Å²) in [5.74, 6) is 0. The molecule has 13 heavy (non-hydrogen) atoms. The number of hydrogen-bond donors (Lipinski definition) is 1. The number of piperidine rings is 1. The highest BCUT2D eigenvalue weighted by molar-refractivity contribution is 5.04. The predicted octanol–water partition coefficient (Wildman–Crippen LogP) is 1.38. The zero-order valence-electron chi connectivity index (χ0n) is 8.39. The van der Waals surface area contributed by atoms with Crippen LogP contribution in [0, 0.1) is 5.41 Å². The van der Waals surface area contributed by atoms with Crippen LogP contribution in [-0.4, -0.2) is 31.1 Å². The van der Waals surface area contributed by atoms with Crippen LogP contribution in [0.15, 0.2) is 12.2 Å². The summed E-state index contributed by atoms with van der Waals surface area (Å²) < 4.78 is 0. The molecule has 74 valence electrons. The monoisotopic (exact) mass is 180 g/mol. The Balaban J connectivity index is 1.84. The maximum Gasteiger partial charge on any atom is 0.0190 e. The third-order valence-electron chi connectivity index (χ3n) is 3.40. The Hall–Kier alpha value is -0.340. The van der Waals surface area contributed by atoms with E-state index in [0.29, 0.717) is 5.41 Å². The molecule has 1 aliphatic heterocycles. The largest absolute Gasteiger partial charge is 0.330 e. The summed E-state index contributed by atoms with van der Waals surface area (Å²) >= 11 is 0. The molecular formula is C11H20N2. The molecule has 1 aliphatic carbocycles. The van der Waals surface area contributed by atoms with E-state index in [0.717, 1.165) is 13.1 Å². The van der Waals surface area contributed by atoms with Crippen molar-refractivity contribution in [3.05, 3.63) is 12.2 Å². The highest BCUT2D eigenvalue weighted by Gasteiger charge is 2.42. The van der Waals surface area contributed by atoms with Crippen molar-refractivity contribution in [3.8, 4) is 0 Å². The van der Waals surface area contributed by atoms with Crippen LogP contribution in [0.1, 0.15) is 25.7 Å². The SMILES string of the molecule is C=C1CCCN(CC2(CN)CC2)C1. The van der Waals surface area contributed by atoms with Crippen LogP contribution in [0.25, 0.3) is 0 Å². The first kappa shape index (κ1) is 9.22. The van der Waals surface area contributed by atoms with Gasteiger partial charge in [0.1, 0.15) is 0 Å². The lowest BCUT2D eigenvalue weighted by atomic mass is 10.0. The summed E-state index contributed by atoms with van der Waals surface area (Å²) in [5.41, 5.74) is 7.67. The summed E-state index contributed by atoms with van der Waals surface area (Å²) in [4.78, 5) is 2.53. The topological polar surface area (TPSA) is 29.3 Å². The molecule has 0 aromatic rings. The lowest BCUT2D eigenvalue weighted by Gasteiger charge is -2.31. The van der Waals surface area contributed by atoms with E-state index in [1.165, 1.54) is 44.3 Å². The van der Waals surface area contributed by atoms with Crippen molar-refractivity contribution in [2.24, 2.45) is 11.1 Å². The molecule has 1 heterocycles. The Labute approximate surface area is 80.8 Å². The van der Waals surface area contributed by atoms with Gasteiger partial charge in [-0.25, -0.2) is 0 Å². The Kier molecular flexibility index (Phi) is 2.43. The minimum absolute atomic E-state index is 0.498. The maximum absolute atomic E-state index is 5.77. The van der Waals surface area contributed by atoms with Crippen LogP contribution in [-0.2, 0) is 0 Å². The molecule has 2 aliphatic rings. The second-order valence-electron chi connectivity index (χ2n) is 4.77. The van der Waals surface area contributed by atoms with Gasteiger partial charge in [-0.2, -0.15) is 0 Å². The normalized spacial score (nSPS) is 27.6. The molecule has 1 saturated heterocycles. The molecule has 2 N–H and O–H groups in total. The summed E-state index contributed by atoms with van der Waals surface area (Å²) in [6.07, 6.45) is 5.20. The van der Waals surface area contributed by atoms with E-state index >= 15 is 0 Å². The van der Waals surface area contributed by atoms with Crippen LogP contribution in [0.4, 0.5) is 0 Å². The molecule has 0 spiro atoms. The molecule has 0 unspecified atom stereocenters. The van der Waals surface area contributed by atoms with Gasteiger partial charge in [-0.3, -0.25) is 4.90 Å². The average molecular weight is 180 g/mol. The predicted molar refractivity (Wildman–Crippen MR) is 55.5 cm³/mol. The first-order valence-electron chi connectivity index (χ1n) is 5.33. The van der Waals surface area contributed by atoms with Gasteiger partial charge >= 0.3 is 0 Å². The Morgan fingerprint density at radius 2 is 2.23 bits per heavy atom. The number of nitrogens with two attached hydrogens (primary N) is 1. The van der Waals surface area contributed by atoms with E-state index in [9.17, 15) is 0 Å². The number of rotatable bonds is 3. The molecule has 0 aromatic carbocycles. The maximum atomic E-state index is 5.77. The van der Waals surface area contributed by atoms with E-state index in [2.05, 4.69) is 11.5 Å². The van der Waals surface area contributed by atoms with Crippen LogP contribution in [0.3, 0.4) is 0 Å². The van der Waals surface area contributed by atoms with Crippen molar-refractivity contribution in [2.75, 3.05) is 26.2 Å². The molecule has 1 saturated carbocycles. The summed E-state index contributed by atoms with van der Waals surface area (Å²) in [6, 6.07) is 0. The fourth-order valence-corrected chi connectivity index (χ4v) is 2.24. The Bertz CT molecular complexity index is 206. The van der Waals surface area contributed by atoms with Gasteiger partial charge in [0.05, 0.1) is 0 Å². The second kappa shape index (κ2) is 3.43. The molecule has 2 nitrogen and oxygen atoms in total. The fraction of sp³-hybridized carbons (Fsp3) is 0.818. The van der Waals surface area contributed by atoms with Gasteiger partial charge in [0.2, 0.25) is 0 Å². The molecule has 0 atom stereocenters. The van der Waals surface area contributed by atoms with Gasteiger partial charge in [0, 0.05) is 13.1 Å².